The summed E-state index contributed by atoms with van der Waals surface area (Å²) in [7, 11) is 0. The summed E-state index contributed by atoms with van der Waals surface area (Å²) in [6, 6.07) is 7.61. The van der Waals surface area contributed by atoms with Crippen LogP contribution in [0.4, 0.5) is 11.6 Å². The molecule has 0 spiro atoms. The predicted octanol–water partition coefficient (Wildman–Crippen LogP) is 1.91. The molecule has 0 aliphatic carbocycles. The zero-order valence-electron chi connectivity index (χ0n) is 11.8. The van der Waals surface area contributed by atoms with Crippen molar-refractivity contribution < 1.29 is 4.74 Å². The molecule has 6 nitrogen and oxygen atoms in total. The zero-order chi connectivity index (χ0) is 14.4. The normalized spacial score (nSPS) is 10.5. The molecule has 2 aromatic heterocycles. The van der Waals surface area contributed by atoms with E-state index in [9.17, 15) is 0 Å². The third-order valence-corrected chi connectivity index (χ3v) is 2.62. The molecule has 0 aliphatic heterocycles. The van der Waals surface area contributed by atoms with E-state index in [1.54, 1.807) is 6.07 Å². The van der Waals surface area contributed by atoms with Crippen molar-refractivity contribution in [2.24, 2.45) is 0 Å². The largest absolute Gasteiger partial charge is 0.384 e. The van der Waals surface area contributed by atoms with Gasteiger partial charge in [0.25, 0.3) is 0 Å². The number of hydrogen-bond acceptors (Lipinski definition) is 6. The highest BCUT2D eigenvalue weighted by Crippen LogP contribution is 2.10. The molecule has 0 unspecified atom stereocenters. The summed E-state index contributed by atoms with van der Waals surface area (Å²) >= 11 is 0. The van der Waals surface area contributed by atoms with E-state index in [0.29, 0.717) is 37.2 Å². The lowest BCUT2D eigenvalue weighted by Crippen LogP contribution is -2.08. The Morgan fingerprint density at radius 2 is 2.10 bits per heavy atom. The maximum atomic E-state index is 5.76. The molecule has 0 fully saturated rings. The molecular formula is C14H19N5O. The Bertz CT molecular complexity index is 573. The second-order valence-corrected chi connectivity index (χ2v) is 4.36. The highest BCUT2D eigenvalue weighted by molar-refractivity contribution is 5.44. The molecule has 0 atom stereocenters. The molecule has 2 aromatic rings. The first-order chi connectivity index (χ1) is 9.67. The van der Waals surface area contributed by atoms with E-state index < -0.39 is 0 Å². The Labute approximate surface area is 118 Å². The fraction of sp³-hybridized carbons (Fsp3) is 0.357. The van der Waals surface area contributed by atoms with Crippen LogP contribution in [0.3, 0.4) is 0 Å². The van der Waals surface area contributed by atoms with E-state index in [1.165, 1.54) is 0 Å². The molecule has 2 rings (SSSR count). The van der Waals surface area contributed by atoms with Crippen molar-refractivity contribution in [3.8, 4) is 0 Å². The molecular weight excluding hydrogens is 254 g/mol. The Kier molecular flexibility index (Phi) is 4.84. The number of pyridine rings is 1. The maximum absolute atomic E-state index is 5.76. The zero-order valence-corrected chi connectivity index (χ0v) is 11.8. The molecule has 3 N–H and O–H groups in total. The van der Waals surface area contributed by atoms with Gasteiger partial charge in [0, 0.05) is 18.4 Å². The van der Waals surface area contributed by atoms with Gasteiger partial charge in [-0.05, 0) is 26.0 Å². The van der Waals surface area contributed by atoms with Gasteiger partial charge in [-0.15, -0.1) is 0 Å². The lowest BCUT2D eigenvalue weighted by atomic mass is 10.3. The second kappa shape index (κ2) is 6.81. The number of nitrogens with one attached hydrogen (secondary N) is 1. The van der Waals surface area contributed by atoms with Crippen molar-refractivity contribution in [2.45, 2.75) is 27.0 Å². The van der Waals surface area contributed by atoms with E-state index >= 15 is 0 Å². The molecule has 106 valence electrons. The Morgan fingerprint density at radius 1 is 1.25 bits per heavy atom. The van der Waals surface area contributed by atoms with Gasteiger partial charge < -0.3 is 15.8 Å². The first-order valence-electron chi connectivity index (χ1n) is 6.55. The summed E-state index contributed by atoms with van der Waals surface area (Å²) < 4.78 is 5.29. The number of aromatic nitrogens is 3. The van der Waals surface area contributed by atoms with Crippen LogP contribution in [0.1, 0.15) is 24.1 Å². The van der Waals surface area contributed by atoms with Crippen molar-refractivity contribution in [3.05, 3.63) is 41.5 Å². The number of nitrogen functional groups attached to an aromatic ring is 1. The fourth-order valence-corrected chi connectivity index (χ4v) is 1.75. The highest BCUT2D eigenvalue weighted by atomic mass is 16.5. The van der Waals surface area contributed by atoms with Gasteiger partial charge in [0.2, 0.25) is 0 Å². The standard InChI is InChI=1S/C14H19N5O/c1-3-20-9-14-18-12(15)7-13(19-14)16-8-11-6-4-5-10(2)17-11/h4-7H,3,8-9H2,1-2H3,(H3,15,16,18,19). The van der Waals surface area contributed by atoms with Gasteiger partial charge in [0.05, 0.1) is 12.2 Å². The van der Waals surface area contributed by atoms with Crippen LogP contribution < -0.4 is 11.1 Å². The number of aryl methyl sites for hydroxylation is 1. The monoisotopic (exact) mass is 273 g/mol. The van der Waals surface area contributed by atoms with Gasteiger partial charge in [-0.25, -0.2) is 9.97 Å². The molecule has 0 bridgehead atoms. The van der Waals surface area contributed by atoms with Crippen LogP contribution in [0.25, 0.3) is 0 Å². The molecule has 6 heteroatoms. The van der Waals surface area contributed by atoms with Crippen LogP contribution in [0, 0.1) is 6.92 Å². The van der Waals surface area contributed by atoms with Gasteiger partial charge in [-0.2, -0.15) is 0 Å². The smallest absolute Gasteiger partial charge is 0.158 e. The van der Waals surface area contributed by atoms with E-state index in [0.717, 1.165) is 11.4 Å². The van der Waals surface area contributed by atoms with Crippen molar-refractivity contribution in [1.82, 2.24) is 15.0 Å². The average Bonchev–Trinajstić information content (AvgIpc) is 2.42. The van der Waals surface area contributed by atoms with Crippen LogP contribution >= 0.6 is 0 Å². The molecule has 2 heterocycles. The topological polar surface area (TPSA) is 86.0 Å². The van der Waals surface area contributed by atoms with Gasteiger partial charge in [0.15, 0.2) is 5.82 Å². The quantitative estimate of drug-likeness (QED) is 0.836. The lowest BCUT2D eigenvalue weighted by Gasteiger charge is -2.08. The fourth-order valence-electron chi connectivity index (χ4n) is 1.75. The van der Waals surface area contributed by atoms with Gasteiger partial charge >= 0.3 is 0 Å². The molecule has 0 aromatic carbocycles. The third-order valence-electron chi connectivity index (χ3n) is 2.62. The first-order valence-corrected chi connectivity index (χ1v) is 6.55. The summed E-state index contributed by atoms with van der Waals surface area (Å²) in [5.74, 6) is 1.68. The lowest BCUT2D eigenvalue weighted by molar-refractivity contribution is 0.128. The van der Waals surface area contributed by atoms with Crippen LogP contribution in [-0.4, -0.2) is 21.6 Å². The number of hydrogen-bond donors (Lipinski definition) is 2. The first kappa shape index (κ1) is 14.2. The second-order valence-electron chi connectivity index (χ2n) is 4.36. The molecule has 0 amide bonds. The Hall–Kier alpha value is -2.21. The Balaban J connectivity index is 2.03. The van der Waals surface area contributed by atoms with Crippen LogP contribution in [0.2, 0.25) is 0 Å². The summed E-state index contributed by atoms with van der Waals surface area (Å²) in [6.07, 6.45) is 0. The number of ether oxygens (including phenoxy) is 1. The number of anilines is 2. The Morgan fingerprint density at radius 3 is 2.85 bits per heavy atom. The summed E-state index contributed by atoms with van der Waals surface area (Å²) in [4.78, 5) is 12.9. The SMILES string of the molecule is CCOCc1nc(N)cc(NCc2cccc(C)n2)n1. The van der Waals surface area contributed by atoms with E-state index in [-0.39, 0.29) is 0 Å². The number of nitrogens with two attached hydrogens (primary N) is 1. The maximum Gasteiger partial charge on any atom is 0.158 e. The van der Waals surface area contributed by atoms with Crippen molar-refractivity contribution >= 4 is 11.6 Å². The summed E-state index contributed by atoms with van der Waals surface area (Å²) in [5.41, 5.74) is 7.70. The predicted molar refractivity (Wildman–Crippen MR) is 78.1 cm³/mol. The molecule has 0 saturated heterocycles. The van der Waals surface area contributed by atoms with Crippen molar-refractivity contribution in [3.63, 3.8) is 0 Å². The van der Waals surface area contributed by atoms with Crippen LogP contribution in [0.15, 0.2) is 24.3 Å². The van der Waals surface area contributed by atoms with Crippen molar-refractivity contribution in [1.29, 1.82) is 0 Å². The third kappa shape index (κ3) is 4.17. The summed E-state index contributed by atoms with van der Waals surface area (Å²) in [5, 5.41) is 3.20. The van der Waals surface area contributed by atoms with Crippen LogP contribution in [0.5, 0.6) is 0 Å². The van der Waals surface area contributed by atoms with E-state index in [2.05, 4.69) is 20.3 Å². The molecule has 0 aliphatic rings. The average molecular weight is 273 g/mol. The number of nitrogens with zero attached hydrogens (tertiary/aromatic N) is 3. The van der Waals surface area contributed by atoms with Crippen LogP contribution in [-0.2, 0) is 17.9 Å². The molecule has 0 saturated carbocycles. The minimum absolute atomic E-state index is 0.360. The van der Waals surface area contributed by atoms with Gasteiger partial charge in [-0.3, -0.25) is 4.98 Å². The van der Waals surface area contributed by atoms with E-state index in [1.807, 2.05) is 32.0 Å². The van der Waals surface area contributed by atoms with Gasteiger partial charge in [0.1, 0.15) is 18.2 Å². The number of rotatable bonds is 6. The minimum Gasteiger partial charge on any atom is -0.384 e. The molecule has 0 radical (unpaired) electrons. The van der Waals surface area contributed by atoms with E-state index in [4.69, 9.17) is 10.5 Å². The minimum atomic E-state index is 0.360. The summed E-state index contributed by atoms with van der Waals surface area (Å²) in [6.45, 7) is 5.46. The van der Waals surface area contributed by atoms with Crippen molar-refractivity contribution in [2.75, 3.05) is 17.7 Å². The molecule has 20 heavy (non-hydrogen) atoms. The highest BCUT2D eigenvalue weighted by Gasteiger charge is 2.03. The van der Waals surface area contributed by atoms with Gasteiger partial charge in [-0.1, -0.05) is 6.07 Å².